The summed E-state index contributed by atoms with van der Waals surface area (Å²) in [5, 5.41) is 11.5. The lowest BCUT2D eigenvalue weighted by atomic mass is 9.89. The summed E-state index contributed by atoms with van der Waals surface area (Å²) in [6.45, 7) is 3.92. The number of fused-ring (bicyclic) bond motifs is 3. The van der Waals surface area contributed by atoms with Crippen LogP contribution in [0.1, 0.15) is 22.0 Å². The van der Waals surface area contributed by atoms with Gasteiger partial charge in [0.2, 0.25) is 12.6 Å². The van der Waals surface area contributed by atoms with Gasteiger partial charge in [0.05, 0.1) is 7.11 Å². The number of amides is 1. The standard InChI is InChI=1S/C24H25N5O4/c1-31-19-5-3-18(4-6-19)25-24(30)23-27-26-22-9-16-11-28(12-17(16)13-29(22)23)10-15-2-7-20-21(8-15)33-14-32-20/h2-8,16-17H,9-14H2,1H3,(H,25,30). The first kappa shape index (κ1) is 20.0. The third kappa shape index (κ3) is 3.78. The molecule has 6 rings (SSSR count). The molecule has 4 heterocycles. The number of hydrogen-bond acceptors (Lipinski definition) is 7. The van der Waals surface area contributed by atoms with Gasteiger partial charge >= 0.3 is 0 Å². The average Bonchev–Trinajstić information content (AvgIpc) is 3.55. The fraction of sp³-hybridized carbons (Fsp3) is 0.375. The van der Waals surface area contributed by atoms with Crippen molar-refractivity contribution in [1.29, 1.82) is 0 Å². The van der Waals surface area contributed by atoms with E-state index >= 15 is 0 Å². The van der Waals surface area contributed by atoms with Crippen molar-refractivity contribution >= 4 is 11.6 Å². The molecule has 1 aromatic heterocycles. The molecule has 2 atom stereocenters. The maximum Gasteiger partial charge on any atom is 0.293 e. The maximum atomic E-state index is 12.9. The SMILES string of the molecule is COc1ccc(NC(=O)c2nnc3n2CC2CN(Cc4ccc5c(c4)OCO5)CC2C3)cc1. The molecule has 1 saturated heterocycles. The number of rotatable bonds is 5. The molecule has 2 unspecified atom stereocenters. The van der Waals surface area contributed by atoms with Crippen LogP contribution in [0, 0.1) is 11.8 Å². The predicted molar refractivity (Wildman–Crippen MR) is 119 cm³/mol. The highest BCUT2D eigenvalue weighted by molar-refractivity contribution is 6.01. The molecule has 0 radical (unpaired) electrons. The van der Waals surface area contributed by atoms with Gasteiger partial charge in [-0.15, -0.1) is 10.2 Å². The Balaban J connectivity index is 1.12. The van der Waals surface area contributed by atoms with Gasteiger partial charge in [-0.05, 0) is 53.8 Å². The molecule has 1 N–H and O–H groups in total. The molecule has 9 nitrogen and oxygen atoms in total. The van der Waals surface area contributed by atoms with Gasteiger partial charge in [0, 0.05) is 38.3 Å². The zero-order valence-electron chi connectivity index (χ0n) is 18.4. The number of ether oxygens (including phenoxy) is 3. The average molecular weight is 447 g/mol. The van der Waals surface area contributed by atoms with E-state index in [1.165, 1.54) is 5.56 Å². The second-order valence-electron chi connectivity index (χ2n) is 8.84. The zero-order chi connectivity index (χ0) is 22.4. The summed E-state index contributed by atoms with van der Waals surface area (Å²) in [5.74, 6) is 4.38. The number of carbonyl (C=O) groups excluding carboxylic acids is 1. The van der Waals surface area contributed by atoms with Crippen LogP contribution in [0.5, 0.6) is 17.2 Å². The van der Waals surface area contributed by atoms with Crippen LogP contribution in [-0.2, 0) is 19.5 Å². The Kier molecular flexibility index (Phi) is 4.91. The Morgan fingerprint density at radius 3 is 2.73 bits per heavy atom. The Hall–Kier alpha value is -3.59. The molecule has 3 aromatic rings. The van der Waals surface area contributed by atoms with Crippen molar-refractivity contribution in [3.05, 3.63) is 59.7 Å². The van der Waals surface area contributed by atoms with E-state index in [4.69, 9.17) is 14.2 Å². The van der Waals surface area contributed by atoms with Crippen molar-refractivity contribution in [2.75, 3.05) is 32.3 Å². The summed E-state index contributed by atoms with van der Waals surface area (Å²) in [4.78, 5) is 15.4. The van der Waals surface area contributed by atoms with Gasteiger partial charge in [-0.3, -0.25) is 9.69 Å². The molecule has 1 amide bonds. The first-order valence-electron chi connectivity index (χ1n) is 11.1. The number of methoxy groups -OCH3 is 1. The number of likely N-dealkylation sites (tertiary alicyclic amines) is 1. The van der Waals surface area contributed by atoms with Gasteiger partial charge in [0.1, 0.15) is 11.6 Å². The van der Waals surface area contributed by atoms with Gasteiger partial charge in [-0.2, -0.15) is 0 Å². The second kappa shape index (κ2) is 8.08. The summed E-state index contributed by atoms with van der Waals surface area (Å²) in [6, 6.07) is 13.4. The second-order valence-corrected chi connectivity index (χ2v) is 8.84. The van der Waals surface area contributed by atoms with E-state index in [0.717, 1.165) is 55.7 Å². The zero-order valence-corrected chi connectivity index (χ0v) is 18.4. The number of carbonyl (C=O) groups is 1. The number of aromatic nitrogens is 3. The molecular weight excluding hydrogens is 422 g/mol. The quantitative estimate of drug-likeness (QED) is 0.643. The van der Waals surface area contributed by atoms with E-state index in [9.17, 15) is 4.79 Å². The number of benzene rings is 2. The highest BCUT2D eigenvalue weighted by Gasteiger charge is 2.39. The normalized spacial score (nSPS) is 20.9. The first-order chi connectivity index (χ1) is 16.2. The number of nitrogens with one attached hydrogen (secondary N) is 1. The van der Waals surface area contributed by atoms with E-state index in [2.05, 4.69) is 32.5 Å². The topological polar surface area (TPSA) is 90.7 Å². The van der Waals surface area contributed by atoms with E-state index < -0.39 is 0 Å². The minimum atomic E-state index is -0.243. The lowest BCUT2D eigenvalue weighted by Crippen LogP contribution is -2.31. The fourth-order valence-electron chi connectivity index (χ4n) is 5.08. The third-order valence-electron chi connectivity index (χ3n) is 6.74. The Morgan fingerprint density at radius 1 is 1.06 bits per heavy atom. The van der Waals surface area contributed by atoms with Crippen LogP contribution >= 0.6 is 0 Å². The molecule has 0 saturated carbocycles. The summed E-state index contributed by atoms with van der Waals surface area (Å²) in [7, 11) is 1.61. The van der Waals surface area contributed by atoms with Crippen molar-refractivity contribution in [3.8, 4) is 17.2 Å². The van der Waals surface area contributed by atoms with E-state index in [1.807, 2.05) is 34.9 Å². The first-order valence-corrected chi connectivity index (χ1v) is 11.1. The summed E-state index contributed by atoms with van der Waals surface area (Å²) in [6.07, 6.45) is 0.838. The molecule has 9 heteroatoms. The van der Waals surface area contributed by atoms with Crippen molar-refractivity contribution < 1.29 is 19.0 Å². The largest absolute Gasteiger partial charge is 0.497 e. The Labute approximate surface area is 191 Å². The van der Waals surface area contributed by atoms with Crippen LogP contribution in [0.2, 0.25) is 0 Å². The molecule has 3 aliphatic heterocycles. The van der Waals surface area contributed by atoms with E-state index in [1.54, 1.807) is 7.11 Å². The van der Waals surface area contributed by atoms with Crippen LogP contribution in [0.25, 0.3) is 0 Å². The minimum absolute atomic E-state index is 0.243. The lowest BCUT2D eigenvalue weighted by molar-refractivity contribution is 0.100. The van der Waals surface area contributed by atoms with Crippen LogP contribution in [0.15, 0.2) is 42.5 Å². The minimum Gasteiger partial charge on any atom is -0.497 e. The molecule has 33 heavy (non-hydrogen) atoms. The molecule has 0 bridgehead atoms. The molecule has 170 valence electrons. The van der Waals surface area contributed by atoms with E-state index in [0.29, 0.717) is 30.1 Å². The highest BCUT2D eigenvalue weighted by atomic mass is 16.7. The Morgan fingerprint density at radius 2 is 1.88 bits per heavy atom. The van der Waals surface area contributed by atoms with Crippen molar-refractivity contribution in [2.24, 2.45) is 11.8 Å². The van der Waals surface area contributed by atoms with Crippen LogP contribution < -0.4 is 19.5 Å². The summed E-state index contributed by atoms with van der Waals surface area (Å²) >= 11 is 0. The van der Waals surface area contributed by atoms with Crippen LogP contribution in [-0.4, -0.2) is 52.6 Å². The van der Waals surface area contributed by atoms with Crippen molar-refractivity contribution in [3.63, 3.8) is 0 Å². The van der Waals surface area contributed by atoms with Gasteiger partial charge in [0.15, 0.2) is 11.5 Å². The highest BCUT2D eigenvalue weighted by Crippen LogP contribution is 2.36. The van der Waals surface area contributed by atoms with Gasteiger partial charge < -0.3 is 24.1 Å². The van der Waals surface area contributed by atoms with Gasteiger partial charge in [-0.25, -0.2) is 0 Å². The molecule has 1 fully saturated rings. The van der Waals surface area contributed by atoms with Gasteiger partial charge in [-0.1, -0.05) is 6.07 Å². The van der Waals surface area contributed by atoms with Crippen molar-refractivity contribution in [2.45, 2.75) is 19.5 Å². The predicted octanol–water partition coefficient (Wildman–Crippen LogP) is 2.57. The maximum absolute atomic E-state index is 12.9. The number of anilines is 1. The smallest absolute Gasteiger partial charge is 0.293 e. The molecule has 0 spiro atoms. The molecule has 2 aromatic carbocycles. The monoisotopic (exact) mass is 447 g/mol. The number of hydrogen-bond donors (Lipinski definition) is 1. The summed E-state index contributed by atoms with van der Waals surface area (Å²) < 4.78 is 18.1. The molecule has 0 aliphatic carbocycles. The third-order valence-corrected chi connectivity index (χ3v) is 6.74. The van der Waals surface area contributed by atoms with E-state index in [-0.39, 0.29) is 5.91 Å². The van der Waals surface area contributed by atoms with Crippen molar-refractivity contribution in [1.82, 2.24) is 19.7 Å². The lowest BCUT2D eigenvalue weighted by Gasteiger charge is -2.25. The van der Waals surface area contributed by atoms with Crippen LogP contribution in [0.3, 0.4) is 0 Å². The fourth-order valence-corrected chi connectivity index (χ4v) is 5.08. The summed E-state index contributed by atoms with van der Waals surface area (Å²) in [5.41, 5.74) is 1.92. The Bertz CT molecular complexity index is 1190. The molecule has 3 aliphatic rings. The van der Waals surface area contributed by atoms with Crippen LogP contribution in [0.4, 0.5) is 5.69 Å². The number of nitrogens with zero attached hydrogens (tertiary/aromatic N) is 4. The molecular formula is C24H25N5O4. The van der Waals surface area contributed by atoms with Gasteiger partial charge in [0.25, 0.3) is 5.91 Å².